The molecule has 0 aromatic heterocycles. The molecule has 0 saturated heterocycles. The number of nitrogens with one attached hydrogen (secondary N) is 2. The van der Waals surface area contributed by atoms with Crippen molar-refractivity contribution in [1.82, 2.24) is 0 Å². The smallest absolute Gasteiger partial charge is 0.323 e. The molecule has 2 amide bonds. The van der Waals surface area contributed by atoms with Gasteiger partial charge in [0.2, 0.25) is 0 Å². The van der Waals surface area contributed by atoms with Crippen LogP contribution in [0.4, 0.5) is 16.2 Å². The molecule has 104 valence electrons. The number of carbonyl (C=O) groups excluding carboxylic acids is 1. The minimum Gasteiger partial charge on any atom is -0.508 e. The Morgan fingerprint density at radius 3 is 2.35 bits per heavy atom. The van der Waals surface area contributed by atoms with Crippen molar-refractivity contribution in [2.75, 3.05) is 10.6 Å². The van der Waals surface area contributed by atoms with Crippen LogP contribution in [0, 0.1) is 0 Å². The molecular weight excluding hydrogens is 256 g/mol. The number of urea groups is 1. The lowest BCUT2D eigenvalue weighted by Gasteiger charge is -2.11. The van der Waals surface area contributed by atoms with Crippen LogP contribution in [-0.4, -0.2) is 16.2 Å². The maximum absolute atomic E-state index is 11.9. The van der Waals surface area contributed by atoms with Crippen molar-refractivity contribution < 1.29 is 15.0 Å². The van der Waals surface area contributed by atoms with E-state index in [9.17, 15) is 15.0 Å². The van der Waals surface area contributed by atoms with Gasteiger partial charge in [0, 0.05) is 29.6 Å². The van der Waals surface area contributed by atoms with E-state index in [1.807, 2.05) is 31.2 Å². The Morgan fingerprint density at radius 2 is 1.70 bits per heavy atom. The molecule has 0 aliphatic heterocycles. The third kappa shape index (κ3) is 3.41. The zero-order chi connectivity index (χ0) is 14.5. The van der Waals surface area contributed by atoms with Crippen LogP contribution in [0.15, 0.2) is 42.5 Å². The van der Waals surface area contributed by atoms with Crippen LogP contribution in [0.5, 0.6) is 11.5 Å². The molecule has 0 bridgehead atoms. The quantitative estimate of drug-likeness (QED) is 0.692. The summed E-state index contributed by atoms with van der Waals surface area (Å²) in [6, 6.07) is 11.0. The van der Waals surface area contributed by atoms with Gasteiger partial charge < -0.3 is 20.8 Å². The van der Waals surface area contributed by atoms with Crippen molar-refractivity contribution in [1.29, 1.82) is 0 Å². The van der Waals surface area contributed by atoms with E-state index in [2.05, 4.69) is 10.6 Å². The van der Waals surface area contributed by atoms with Gasteiger partial charge in [0.15, 0.2) is 0 Å². The molecular formula is C15H16N2O3. The van der Waals surface area contributed by atoms with Gasteiger partial charge >= 0.3 is 6.03 Å². The SMILES string of the molecule is CCc1ccccc1NC(=O)Nc1cc(O)cc(O)c1. The summed E-state index contributed by atoms with van der Waals surface area (Å²) in [6.45, 7) is 2.01. The molecule has 0 aliphatic carbocycles. The fraction of sp³-hybridized carbons (Fsp3) is 0.133. The lowest BCUT2D eigenvalue weighted by molar-refractivity contribution is 0.262. The van der Waals surface area contributed by atoms with Crippen LogP contribution in [0.3, 0.4) is 0 Å². The third-order valence-electron chi connectivity index (χ3n) is 2.81. The molecule has 4 N–H and O–H groups in total. The van der Waals surface area contributed by atoms with Crippen molar-refractivity contribution in [2.24, 2.45) is 0 Å². The minimum absolute atomic E-state index is 0.116. The van der Waals surface area contributed by atoms with Gasteiger partial charge in [-0.2, -0.15) is 0 Å². The van der Waals surface area contributed by atoms with E-state index in [-0.39, 0.29) is 11.5 Å². The number of carbonyl (C=O) groups is 1. The number of para-hydroxylation sites is 1. The Labute approximate surface area is 116 Å². The van der Waals surface area contributed by atoms with E-state index >= 15 is 0 Å². The molecule has 5 nitrogen and oxygen atoms in total. The highest BCUT2D eigenvalue weighted by Gasteiger charge is 2.07. The standard InChI is InChI=1S/C15H16N2O3/c1-2-10-5-3-4-6-14(10)17-15(20)16-11-7-12(18)9-13(19)8-11/h3-9,18-19H,2H2,1H3,(H2,16,17,20). The van der Waals surface area contributed by atoms with Crippen LogP contribution in [-0.2, 0) is 6.42 Å². The summed E-state index contributed by atoms with van der Waals surface area (Å²) < 4.78 is 0. The number of aryl methyl sites for hydroxylation is 1. The van der Waals surface area contributed by atoms with Crippen molar-refractivity contribution in [3.8, 4) is 11.5 Å². The minimum atomic E-state index is -0.434. The third-order valence-corrected chi connectivity index (χ3v) is 2.81. The molecule has 20 heavy (non-hydrogen) atoms. The van der Waals surface area contributed by atoms with Crippen LogP contribution in [0.25, 0.3) is 0 Å². The largest absolute Gasteiger partial charge is 0.508 e. The number of hydrogen-bond acceptors (Lipinski definition) is 3. The molecule has 2 aromatic carbocycles. The Balaban J connectivity index is 2.09. The van der Waals surface area contributed by atoms with E-state index in [1.54, 1.807) is 0 Å². The summed E-state index contributed by atoms with van der Waals surface area (Å²) >= 11 is 0. The molecule has 0 unspecified atom stereocenters. The summed E-state index contributed by atoms with van der Waals surface area (Å²) in [6.07, 6.45) is 0.809. The maximum Gasteiger partial charge on any atom is 0.323 e. The van der Waals surface area contributed by atoms with Crippen molar-refractivity contribution >= 4 is 17.4 Å². The van der Waals surface area contributed by atoms with Gasteiger partial charge in [0.25, 0.3) is 0 Å². The highest BCUT2D eigenvalue weighted by atomic mass is 16.3. The first-order valence-electron chi connectivity index (χ1n) is 6.27. The number of amides is 2. The zero-order valence-electron chi connectivity index (χ0n) is 11.1. The summed E-state index contributed by atoms with van der Waals surface area (Å²) in [5.41, 5.74) is 2.08. The second-order valence-corrected chi connectivity index (χ2v) is 4.33. The molecule has 0 saturated carbocycles. The van der Waals surface area contributed by atoms with Gasteiger partial charge in [-0.25, -0.2) is 4.79 Å². The molecule has 5 heteroatoms. The lowest BCUT2D eigenvalue weighted by atomic mass is 10.1. The number of phenols is 2. The number of phenolic OH excluding ortho intramolecular Hbond substituents is 2. The predicted octanol–water partition coefficient (Wildman–Crippen LogP) is 3.30. The van der Waals surface area contributed by atoms with Crippen molar-refractivity contribution in [3.63, 3.8) is 0 Å². The van der Waals surface area contributed by atoms with Gasteiger partial charge in [-0.15, -0.1) is 0 Å². The van der Waals surface area contributed by atoms with E-state index < -0.39 is 6.03 Å². The lowest BCUT2D eigenvalue weighted by Crippen LogP contribution is -2.20. The van der Waals surface area contributed by atoms with E-state index in [1.165, 1.54) is 18.2 Å². The Bertz CT molecular complexity index is 606. The van der Waals surface area contributed by atoms with E-state index in [0.29, 0.717) is 5.69 Å². The van der Waals surface area contributed by atoms with Gasteiger partial charge in [-0.1, -0.05) is 25.1 Å². The summed E-state index contributed by atoms with van der Waals surface area (Å²) in [4.78, 5) is 11.9. The van der Waals surface area contributed by atoms with Crippen molar-refractivity contribution in [3.05, 3.63) is 48.0 Å². The Hall–Kier alpha value is -2.69. The number of hydrogen-bond donors (Lipinski definition) is 4. The molecule has 2 aromatic rings. The summed E-state index contributed by atoms with van der Waals surface area (Å²) in [7, 11) is 0. The fourth-order valence-corrected chi connectivity index (χ4v) is 1.90. The molecule has 0 heterocycles. The maximum atomic E-state index is 11.9. The molecule has 0 spiro atoms. The Kier molecular flexibility index (Phi) is 4.10. The highest BCUT2D eigenvalue weighted by Crippen LogP contribution is 2.24. The highest BCUT2D eigenvalue weighted by molar-refractivity contribution is 6.00. The van der Waals surface area contributed by atoms with E-state index in [4.69, 9.17) is 0 Å². The fourth-order valence-electron chi connectivity index (χ4n) is 1.90. The predicted molar refractivity (Wildman–Crippen MR) is 78.2 cm³/mol. The second-order valence-electron chi connectivity index (χ2n) is 4.33. The second kappa shape index (κ2) is 5.97. The molecule has 0 atom stereocenters. The molecule has 2 rings (SSSR count). The van der Waals surface area contributed by atoms with Crippen LogP contribution >= 0.6 is 0 Å². The number of rotatable bonds is 3. The number of benzene rings is 2. The van der Waals surface area contributed by atoms with Crippen LogP contribution in [0.2, 0.25) is 0 Å². The monoisotopic (exact) mass is 272 g/mol. The molecule has 0 radical (unpaired) electrons. The Morgan fingerprint density at radius 1 is 1.05 bits per heavy atom. The first-order valence-corrected chi connectivity index (χ1v) is 6.27. The van der Waals surface area contributed by atoms with Gasteiger partial charge in [-0.3, -0.25) is 0 Å². The first kappa shape index (κ1) is 13.7. The number of aromatic hydroxyl groups is 2. The zero-order valence-corrected chi connectivity index (χ0v) is 11.1. The van der Waals surface area contributed by atoms with E-state index in [0.717, 1.165) is 17.7 Å². The summed E-state index contributed by atoms with van der Waals surface area (Å²) in [5, 5.41) is 24.0. The average molecular weight is 272 g/mol. The molecule has 0 fully saturated rings. The van der Waals surface area contributed by atoms with Crippen LogP contribution < -0.4 is 10.6 Å². The normalized spacial score (nSPS) is 10.1. The first-order chi connectivity index (χ1) is 9.58. The number of anilines is 2. The van der Waals surface area contributed by atoms with Gasteiger partial charge in [0.1, 0.15) is 11.5 Å². The average Bonchev–Trinajstić information content (AvgIpc) is 2.37. The van der Waals surface area contributed by atoms with Crippen LogP contribution in [0.1, 0.15) is 12.5 Å². The topological polar surface area (TPSA) is 81.6 Å². The summed E-state index contributed by atoms with van der Waals surface area (Å²) in [5.74, 6) is -0.233. The van der Waals surface area contributed by atoms with Crippen molar-refractivity contribution in [2.45, 2.75) is 13.3 Å². The van der Waals surface area contributed by atoms with Gasteiger partial charge in [-0.05, 0) is 18.1 Å². The van der Waals surface area contributed by atoms with Gasteiger partial charge in [0.05, 0.1) is 0 Å². The molecule has 0 aliphatic rings.